The highest BCUT2D eigenvalue weighted by Gasteiger charge is 2.44. The Kier molecular flexibility index (Phi) is 69.8. The molecule has 1 rings (SSSR count). The molecule has 129 heavy (non-hydrogen) atoms. The van der Waals surface area contributed by atoms with Crippen LogP contribution in [0.1, 0.15) is 478 Å². The van der Waals surface area contributed by atoms with Gasteiger partial charge in [-0.25, -0.2) is 0 Å². The van der Waals surface area contributed by atoms with Crippen molar-refractivity contribution in [3.63, 3.8) is 0 Å². The van der Waals surface area contributed by atoms with Crippen LogP contribution in [0, 0.1) is 0 Å². The zero-order valence-corrected chi connectivity index (χ0v) is 95.1. The van der Waals surface area contributed by atoms with Crippen LogP contribution in [0.5, 0.6) is 0 Å². The van der Waals surface area contributed by atoms with E-state index in [4.69, 9.17) is 36.7 Å². The number of nitrogens with zero attached hydrogens (tertiary/aromatic N) is 4. The van der Waals surface area contributed by atoms with Gasteiger partial charge in [0, 0.05) is 90.1 Å². The van der Waals surface area contributed by atoms with Crippen molar-refractivity contribution in [1.82, 2.24) is 19.6 Å². The molecule has 766 valence electrons. The molecule has 6 atom stereocenters. The molecule has 1 aliphatic heterocycles. The molecule has 0 spiro atoms. The standard InChI is InChI=1S/C109H222N4O12Si4/c1-28-33-38-43-48-51-54-59-69-86-118-103(115)80-70-77-101(125-129(26,27)109(17,18)19)94-110(91-100(124-128(24,25)108(14,15)16)76-65-60-66-79-105(117)121-97(72-61-55-46-41-36-31-4)73-62-56-47-42-37-32-5)82-68-67-78-102(114)119-87-84-112-89-96(7)113(90-95(112)6)85-88-120-104(116)81-71-83-111(92-98(122-126(20,21)106(8,9)10)74-63-57-52-49-44-39-34-29-2)93-99(123-127(22,23)107(11,12)13)75-64-58-53-50-45-40-35-30-3/h95-101H,28-94H2,1-27H3. The second kappa shape index (κ2) is 71.8. The summed E-state index contributed by atoms with van der Waals surface area (Å²) in [7, 11) is -8.72. The largest absolute Gasteiger partial charge is 0.466 e. The molecule has 0 saturated carbocycles. The molecule has 0 aliphatic carbocycles. The molecule has 1 fully saturated rings. The Labute approximate surface area is 806 Å². The van der Waals surface area contributed by atoms with Crippen LogP contribution < -0.4 is 0 Å². The smallest absolute Gasteiger partial charge is 0.306 e. The van der Waals surface area contributed by atoms with Crippen molar-refractivity contribution in [1.29, 1.82) is 0 Å². The maximum atomic E-state index is 13.9. The first-order valence-electron chi connectivity index (χ1n) is 55.2. The van der Waals surface area contributed by atoms with Gasteiger partial charge in [0.15, 0.2) is 33.3 Å². The SMILES string of the molecule is CCCCCCCCCCCOC(=O)CCCC(CN(CCCCC(=O)OCCN1CC(C)N(CCOC(=O)CCCN(CC(CCCCCCCCCC)O[Si](C)(C)C(C)(C)C)CC(CCCCCCCCCC)O[Si](C)(C)C(C)(C)C)CC1C)CC(CCCCCC(=O)OC(CCCCCCCC)CCCCCCCC)O[Si](C)(C)C(C)(C)C)O[Si](C)(C)C(C)(C)C. The molecule has 0 aromatic heterocycles. The average Bonchev–Trinajstić information content (AvgIpc) is 0.829. The lowest BCUT2D eigenvalue weighted by atomic mass is 10.0. The molecule has 0 aromatic carbocycles. The number of rotatable bonds is 84. The summed E-state index contributed by atoms with van der Waals surface area (Å²) in [6.45, 7) is 72.1. The van der Waals surface area contributed by atoms with Crippen molar-refractivity contribution >= 4 is 57.1 Å². The van der Waals surface area contributed by atoms with Gasteiger partial charge in [0.05, 0.1) is 31.0 Å². The summed E-state index contributed by atoms with van der Waals surface area (Å²) in [5.74, 6) is -0.428. The Morgan fingerprint density at radius 3 is 0.806 bits per heavy atom. The van der Waals surface area contributed by atoms with Crippen LogP contribution in [-0.4, -0.2) is 205 Å². The topological polar surface area (TPSA) is 155 Å². The molecule has 20 heteroatoms. The van der Waals surface area contributed by atoms with E-state index in [0.29, 0.717) is 78.0 Å². The minimum Gasteiger partial charge on any atom is -0.466 e. The Hall–Kier alpha value is -1.57. The van der Waals surface area contributed by atoms with Crippen LogP contribution in [0.25, 0.3) is 0 Å². The fourth-order valence-electron chi connectivity index (χ4n) is 17.2. The van der Waals surface area contributed by atoms with Crippen molar-refractivity contribution in [3.8, 4) is 0 Å². The van der Waals surface area contributed by atoms with Crippen LogP contribution in [0.2, 0.25) is 72.5 Å². The van der Waals surface area contributed by atoms with Crippen molar-refractivity contribution in [3.05, 3.63) is 0 Å². The lowest BCUT2D eigenvalue weighted by molar-refractivity contribution is -0.150. The molecule has 0 radical (unpaired) electrons. The van der Waals surface area contributed by atoms with Gasteiger partial charge in [0.25, 0.3) is 0 Å². The summed E-state index contributed by atoms with van der Waals surface area (Å²) in [6.07, 6.45) is 59.7. The van der Waals surface area contributed by atoms with E-state index in [1.165, 1.54) is 212 Å². The van der Waals surface area contributed by atoms with Crippen molar-refractivity contribution in [2.24, 2.45) is 0 Å². The Balaban J connectivity index is 3.35. The first-order chi connectivity index (χ1) is 60.9. The van der Waals surface area contributed by atoms with Gasteiger partial charge in [-0.05, 0) is 189 Å². The molecule has 0 amide bonds. The monoisotopic (exact) mass is 1890 g/mol. The summed E-state index contributed by atoms with van der Waals surface area (Å²) in [6, 6.07) is 0.485. The second-order valence-corrected chi connectivity index (χ2v) is 65.5. The van der Waals surface area contributed by atoms with Gasteiger partial charge in [0.1, 0.15) is 19.3 Å². The van der Waals surface area contributed by atoms with E-state index in [0.717, 1.165) is 142 Å². The normalized spacial score (nSPS) is 16.1. The van der Waals surface area contributed by atoms with Crippen LogP contribution >= 0.6 is 0 Å². The quantitative estimate of drug-likeness (QED) is 0.0245. The molecule has 1 aliphatic rings. The molecule has 1 saturated heterocycles. The predicted octanol–water partition coefficient (Wildman–Crippen LogP) is 31.3. The number of hydrogen-bond acceptors (Lipinski definition) is 16. The molecule has 0 aromatic rings. The number of esters is 4. The van der Waals surface area contributed by atoms with E-state index in [2.05, 4.69) is 204 Å². The Bertz CT molecular complexity index is 2660. The van der Waals surface area contributed by atoms with Gasteiger partial charge < -0.3 is 36.7 Å². The number of unbranched alkanes of at least 4 members (excludes halogenated alkanes) is 35. The summed E-state index contributed by atoms with van der Waals surface area (Å²) < 4.78 is 54.1. The lowest BCUT2D eigenvalue weighted by Crippen LogP contribution is -2.57. The van der Waals surface area contributed by atoms with E-state index in [9.17, 15) is 19.2 Å². The number of carbonyl (C=O) groups excluding carboxylic acids is 4. The maximum Gasteiger partial charge on any atom is 0.306 e. The molecular weight excluding hydrogens is 1670 g/mol. The van der Waals surface area contributed by atoms with Gasteiger partial charge >= 0.3 is 23.9 Å². The minimum atomic E-state index is -2.27. The van der Waals surface area contributed by atoms with Crippen LogP contribution in [-0.2, 0) is 55.8 Å². The number of hydrogen-bond donors (Lipinski definition) is 0. The summed E-state index contributed by atoms with van der Waals surface area (Å²) in [5.41, 5.74) is 0. The van der Waals surface area contributed by atoms with Crippen LogP contribution in [0.4, 0.5) is 0 Å². The number of carbonyl (C=O) groups is 4. The molecule has 1 heterocycles. The van der Waals surface area contributed by atoms with Crippen LogP contribution in [0.15, 0.2) is 0 Å². The van der Waals surface area contributed by atoms with Crippen molar-refractivity contribution in [2.75, 3.05) is 85.3 Å². The van der Waals surface area contributed by atoms with Crippen LogP contribution in [0.3, 0.4) is 0 Å². The average molecular weight is 1890 g/mol. The Morgan fingerprint density at radius 2 is 0.504 bits per heavy atom. The zero-order chi connectivity index (χ0) is 96.7. The van der Waals surface area contributed by atoms with Gasteiger partial charge in [-0.15, -0.1) is 0 Å². The fraction of sp³-hybridized carbons (Fsp3) is 0.963. The highest BCUT2D eigenvalue weighted by Crippen LogP contribution is 2.42. The van der Waals surface area contributed by atoms with Crippen molar-refractivity contribution in [2.45, 2.75) is 593 Å². The number of piperazine rings is 1. The predicted molar refractivity (Wildman–Crippen MR) is 564 cm³/mol. The van der Waals surface area contributed by atoms with Gasteiger partial charge in [-0.1, -0.05) is 349 Å². The van der Waals surface area contributed by atoms with E-state index < -0.39 is 33.3 Å². The molecular formula is C109H222N4O12Si4. The van der Waals surface area contributed by atoms with E-state index in [1.807, 2.05) is 0 Å². The fourth-order valence-corrected chi connectivity index (χ4v) is 22.7. The first-order valence-corrected chi connectivity index (χ1v) is 66.8. The summed E-state index contributed by atoms with van der Waals surface area (Å²) in [4.78, 5) is 64.8. The highest BCUT2D eigenvalue weighted by atomic mass is 28.4. The minimum absolute atomic E-state index is 0.00427. The third-order valence-electron chi connectivity index (χ3n) is 30.0. The first kappa shape index (κ1) is 125. The summed E-state index contributed by atoms with van der Waals surface area (Å²) in [5, 5.41) is 0.193. The Morgan fingerprint density at radius 1 is 0.279 bits per heavy atom. The molecule has 0 bridgehead atoms. The van der Waals surface area contributed by atoms with Gasteiger partial charge in [0.2, 0.25) is 0 Å². The number of ether oxygens (including phenoxy) is 4. The van der Waals surface area contributed by atoms with Gasteiger partial charge in [-0.2, -0.15) is 0 Å². The lowest BCUT2D eigenvalue weighted by Gasteiger charge is -2.44. The molecule has 6 unspecified atom stereocenters. The van der Waals surface area contributed by atoms with Crippen molar-refractivity contribution < 1.29 is 55.8 Å². The highest BCUT2D eigenvalue weighted by molar-refractivity contribution is 6.75. The van der Waals surface area contributed by atoms with E-state index in [-0.39, 0.29) is 86.6 Å². The van der Waals surface area contributed by atoms with E-state index >= 15 is 0 Å². The summed E-state index contributed by atoms with van der Waals surface area (Å²) >= 11 is 0. The maximum absolute atomic E-state index is 13.9. The molecule has 0 N–H and O–H groups in total. The van der Waals surface area contributed by atoms with Gasteiger partial charge in [-0.3, -0.25) is 38.8 Å². The third-order valence-corrected chi connectivity index (χ3v) is 48.2. The third kappa shape index (κ3) is 62.2. The second-order valence-electron chi connectivity index (χ2n) is 46.5. The van der Waals surface area contributed by atoms with E-state index in [1.54, 1.807) is 0 Å². The molecule has 16 nitrogen and oxygen atoms in total. The zero-order valence-electron chi connectivity index (χ0n) is 91.1.